The second-order valence-corrected chi connectivity index (χ2v) is 7.26. The van der Waals surface area contributed by atoms with Crippen molar-refractivity contribution in [1.29, 1.82) is 0 Å². The van der Waals surface area contributed by atoms with Gasteiger partial charge in [-0.15, -0.1) is 0 Å². The van der Waals surface area contributed by atoms with Crippen molar-refractivity contribution in [2.24, 2.45) is 0 Å². The van der Waals surface area contributed by atoms with E-state index in [1.807, 2.05) is 62.4 Å². The van der Waals surface area contributed by atoms with Crippen LogP contribution in [-0.2, 0) is 21.3 Å². The summed E-state index contributed by atoms with van der Waals surface area (Å²) >= 11 is 0. The zero-order valence-corrected chi connectivity index (χ0v) is 14.9. The van der Waals surface area contributed by atoms with Crippen LogP contribution in [-0.4, -0.2) is 29.0 Å². The first kappa shape index (κ1) is 18.2. The Bertz CT molecular complexity index is 701. The third kappa shape index (κ3) is 6.16. The van der Waals surface area contributed by atoms with Gasteiger partial charge >= 0.3 is 0 Å². The molecule has 24 heavy (non-hydrogen) atoms. The Morgan fingerprint density at radius 3 is 2.58 bits per heavy atom. The van der Waals surface area contributed by atoms with Crippen LogP contribution in [0.1, 0.15) is 16.7 Å². The van der Waals surface area contributed by atoms with Crippen molar-refractivity contribution in [2.45, 2.75) is 19.6 Å². The average Bonchev–Trinajstić information content (AvgIpc) is 2.55. The second kappa shape index (κ2) is 9.23. The van der Waals surface area contributed by atoms with Gasteiger partial charge in [-0.2, -0.15) is 0 Å². The number of carbonyl (C=O) groups is 1. The van der Waals surface area contributed by atoms with Crippen molar-refractivity contribution in [1.82, 2.24) is 5.32 Å². The largest absolute Gasteiger partial charge is 0.484 e. The fourth-order valence-corrected chi connectivity index (χ4v) is 3.33. The SMILES string of the molecule is Cc1ccc(OCC(=O)NCC[S@](=O)Cc2ccccc2)c(C)c1. The second-order valence-electron chi connectivity index (χ2n) is 5.68. The molecule has 0 aliphatic carbocycles. The number of hydrogen-bond acceptors (Lipinski definition) is 3. The number of aryl methyl sites for hydroxylation is 2. The van der Waals surface area contributed by atoms with Crippen molar-refractivity contribution in [3.8, 4) is 5.75 Å². The number of nitrogens with one attached hydrogen (secondary N) is 1. The zero-order valence-electron chi connectivity index (χ0n) is 14.1. The molecule has 0 aromatic heterocycles. The average molecular weight is 345 g/mol. The van der Waals surface area contributed by atoms with Crippen molar-refractivity contribution >= 4 is 16.7 Å². The molecule has 1 amide bonds. The predicted molar refractivity (Wildman–Crippen MR) is 97.6 cm³/mol. The molecule has 0 saturated heterocycles. The molecule has 0 bridgehead atoms. The molecular weight excluding hydrogens is 322 g/mol. The lowest BCUT2D eigenvalue weighted by molar-refractivity contribution is -0.122. The van der Waals surface area contributed by atoms with Crippen molar-refractivity contribution in [2.75, 3.05) is 18.9 Å². The predicted octanol–water partition coefficient (Wildman–Crippen LogP) is 2.75. The van der Waals surface area contributed by atoms with E-state index in [0.717, 1.165) is 16.7 Å². The maximum Gasteiger partial charge on any atom is 0.257 e. The summed E-state index contributed by atoms with van der Waals surface area (Å²) in [5, 5.41) is 2.74. The summed E-state index contributed by atoms with van der Waals surface area (Å²) in [6.45, 7) is 4.32. The summed E-state index contributed by atoms with van der Waals surface area (Å²) in [6.07, 6.45) is 0. The fourth-order valence-electron chi connectivity index (χ4n) is 2.29. The minimum atomic E-state index is -0.989. The van der Waals surface area contributed by atoms with E-state index in [4.69, 9.17) is 4.74 Å². The van der Waals surface area contributed by atoms with E-state index < -0.39 is 10.8 Å². The maximum atomic E-state index is 12.0. The van der Waals surface area contributed by atoms with Crippen LogP contribution in [0.5, 0.6) is 5.75 Å². The minimum Gasteiger partial charge on any atom is -0.484 e. The van der Waals surface area contributed by atoms with Crippen molar-refractivity contribution in [3.05, 3.63) is 65.2 Å². The van der Waals surface area contributed by atoms with Crippen LogP contribution >= 0.6 is 0 Å². The summed E-state index contributed by atoms with van der Waals surface area (Å²) in [5.41, 5.74) is 3.21. The van der Waals surface area contributed by atoms with Gasteiger partial charge in [-0.05, 0) is 31.0 Å². The highest BCUT2D eigenvalue weighted by molar-refractivity contribution is 7.84. The Balaban J connectivity index is 1.67. The van der Waals surface area contributed by atoms with Gasteiger partial charge < -0.3 is 10.1 Å². The highest BCUT2D eigenvalue weighted by Gasteiger charge is 2.06. The van der Waals surface area contributed by atoms with Gasteiger partial charge in [0.05, 0.1) is 0 Å². The number of hydrogen-bond donors (Lipinski definition) is 1. The van der Waals surface area contributed by atoms with E-state index in [1.165, 1.54) is 0 Å². The van der Waals surface area contributed by atoms with E-state index >= 15 is 0 Å². The number of carbonyl (C=O) groups excluding carboxylic acids is 1. The fraction of sp³-hybridized carbons (Fsp3) is 0.316. The van der Waals surface area contributed by atoms with Crippen LogP contribution in [0, 0.1) is 13.8 Å². The van der Waals surface area contributed by atoms with Crippen LogP contribution < -0.4 is 10.1 Å². The molecule has 128 valence electrons. The number of rotatable bonds is 8. The lowest BCUT2D eigenvalue weighted by atomic mass is 10.1. The third-order valence-corrected chi connectivity index (χ3v) is 4.83. The van der Waals surface area contributed by atoms with E-state index in [2.05, 4.69) is 5.32 Å². The molecule has 0 aliphatic rings. The summed E-state index contributed by atoms with van der Waals surface area (Å²) in [5.74, 6) is 1.45. The molecule has 1 N–H and O–H groups in total. The standard InChI is InChI=1S/C19H23NO3S/c1-15-8-9-18(16(2)12-15)23-13-19(21)20-10-11-24(22)14-17-6-4-3-5-7-17/h3-9,12H,10-11,13-14H2,1-2H3,(H,20,21)/t24-/m0/s1. The lowest BCUT2D eigenvalue weighted by Gasteiger charge is -2.10. The van der Waals surface area contributed by atoms with E-state index in [1.54, 1.807) is 0 Å². The van der Waals surface area contributed by atoms with Gasteiger partial charge in [0.25, 0.3) is 5.91 Å². The van der Waals surface area contributed by atoms with Gasteiger partial charge in [-0.3, -0.25) is 9.00 Å². The van der Waals surface area contributed by atoms with Gasteiger partial charge in [-0.25, -0.2) is 0 Å². The molecule has 4 nitrogen and oxygen atoms in total. The molecule has 0 aliphatic heterocycles. The quantitative estimate of drug-likeness (QED) is 0.800. The van der Waals surface area contributed by atoms with Gasteiger partial charge in [-0.1, -0.05) is 48.0 Å². The third-order valence-electron chi connectivity index (χ3n) is 3.51. The minimum absolute atomic E-state index is 0.0325. The van der Waals surface area contributed by atoms with Crippen LogP contribution in [0.15, 0.2) is 48.5 Å². The highest BCUT2D eigenvalue weighted by atomic mass is 32.2. The van der Waals surface area contributed by atoms with Gasteiger partial charge in [0.1, 0.15) is 5.75 Å². The molecule has 2 rings (SSSR count). The van der Waals surface area contributed by atoms with Crippen LogP contribution in [0.2, 0.25) is 0 Å². The molecule has 0 spiro atoms. The van der Waals surface area contributed by atoms with E-state index in [9.17, 15) is 9.00 Å². The summed E-state index contributed by atoms with van der Waals surface area (Å²) < 4.78 is 17.5. The summed E-state index contributed by atoms with van der Waals surface area (Å²) in [4.78, 5) is 11.8. The van der Waals surface area contributed by atoms with Crippen LogP contribution in [0.3, 0.4) is 0 Å². The molecule has 5 heteroatoms. The molecule has 2 aromatic rings. The number of ether oxygens (including phenoxy) is 1. The molecular formula is C19H23NO3S. The van der Waals surface area contributed by atoms with Crippen LogP contribution in [0.4, 0.5) is 0 Å². The topological polar surface area (TPSA) is 55.4 Å². The Labute approximate surface area is 145 Å². The summed E-state index contributed by atoms with van der Waals surface area (Å²) in [6, 6.07) is 15.5. The number of amides is 1. The molecule has 0 heterocycles. The molecule has 0 unspecified atom stereocenters. The molecule has 0 radical (unpaired) electrons. The Morgan fingerprint density at radius 2 is 1.88 bits per heavy atom. The molecule has 2 aromatic carbocycles. The van der Waals surface area contributed by atoms with Gasteiger partial charge in [0, 0.05) is 28.9 Å². The van der Waals surface area contributed by atoms with Crippen molar-refractivity contribution < 1.29 is 13.7 Å². The monoisotopic (exact) mass is 345 g/mol. The molecule has 0 saturated carbocycles. The normalized spacial score (nSPS) is 11.8. The first-order chi connectivity index (χ1) is 11.5. The van der Waals surface area contributed by atoms with Gasteiger partial charge in [0.15, 0.2) is 6.61 Å². The van der Waals surface area contributed by atoms with Gasteiger partial charge in [0.2, 0.25) is 0 Å². The zero-order chi connectivity index (χ0) is 17.4. The van der Waals surface area contributed by atoms with E-state index in [-0.39, 0.29) is 12.5 Å². The highest BCUT2D eigenvalue weighted by Crippen LogP contribution is 2.18. The molecule has 0 fully saturated rings. The number of benzene rings is 2. The Kier molecular flexibility index (Phi) is 7.00. The Morgan fingerprint density at radius 1 is 1.12 bits per heavy atom. The lowest BCUT2D eigenvalue weighted by Crippen LogP contribution is -2.32. The first-order valence-electron chi connectivity index (χ1n) is 7.90. The van der Waals surface area contributed by atoms with Crippen molar-refractivity contribution in [3.63, 3.8) is 0 Å². The summed E-state index contributed by atoms with van der Waals surface area (Å²) in [7, 11) is -0.989. The van der Waals surface area contributed by atoms with E-state index in [0.29, 0.717) is 23.8 Å². The smallest absolute Gasteiger partial charge is 0.257 e. The van der Waals surface area contributed by atoms with Crippen LogP contribution in [0.25, 0.3) is 0 Å². The first-order valence-corrected chi connectivity index (χ1v) is 9.39. The Hall–Kier alpha value is -2.14. The molecule has 1 atom stereocenters. The maximum absolute atomic E-state index is 12.0.